The fraction of sp³-hybridized carbons (Fsp3) is 0.207. The molecule has 4 aromatic rings. The third-order valence-corrected chi connectivity index (χ3v) is 6.61. The Bertz CT molecular complexity index is 1480. The minimum atomic E-state index is -0.240. The van der Waals surface area contributed by atoms with Crippen LogP contribution >= 0.6 is 0 Å². The van der Waals surface area contributed by atoms with E-state index in [0.717, 1.165) is 10.9 Å². The van der Waals surface area contributed by atoms with Gasteiger partial charge in [-0.1, -0.05) is 30.3 Å². The predicted octanol–water partition coefficient (Wildman–Crippen LogP) is 4.22. The number of carbonyl (C=O) groups excluding carboxylic acids is 2. The molecule has 0 radical (unpaired) electrons. The highest BCUT2D eigenvalue weighted by Gasteiger charge is 2.28. The predicted molar refractivity (Wildman–Crippen MR) is 140 cm³/mol. The molecule has 0 saturated carbocycles. The highest BCUT2D eigenvalue weighted by molar-refractivity contribution is 6.07. The molecule has 0 unspecified atom stereocenters. The number of phenols is 1. The number of aromatic hydroxyl groups is 1. The molecule has 8 nitrogen and oxygen atoms in total. The second-order valence-electron chi connectivity index (χ2n) is 8.74. The number of benzene rings is 3. The normalized spacial score (nSPS) is 13.5. The smallest absolute Gasteiger partial charge is 0.257 e. The van der Waals surface area contributed by atoms with Gasteiger partial charge in [0.25, 0.3) is 11.8 Å². The lowest BCUT2D eigenvalue weighted by molar-refractivity contribution is 0.0534. The minimum Gasteiger partial charge on any atom is -0.507 e. The number of hydrogen-bond acceptors (Lipinski definition) is 6. The Morgan fingerprint density at radius 1 is 0.757 bits per heavy atom. The van der Waals surface area contributed by atoms with E-state index in [2.05, 4.69) is 0 Å². The topological polar surface area (TPSA) is 92.2 Å². The van der Waals surface area contributed by atoms with Gasteiger partial charge in [0.2, 0.25) is 0 Å². The molecule has 1 N–H and O–H groups in total. The maximum Gasteiger partial charge on any atom is 0.257 e. The van der Waals surface area contributed by atoms with Crippen LogP contribution in [0.1, 0.15) is 20.7 Å². The van der Waals surface area contributed by atoms with Crippen LogP contribution in [0.2, 0.25) is 0 Å². The van der Waals surface area contributed by atoms with Crippen molar-refractivity contribution in [3.05, 3.63) is 83.9 Å². The third-order valence-electron chi connectivity index (χ3n) is 6.61. The van der Waals surface area contributed by atoms with Crippen molar-refractivity contribution in [3.63, 3.8) is 0 Å². The number of aromatic nitrogens is 1. The van der Waals surface area contributed by atoms with Crippen molar-refractivity contribution in [2.75, 3.05) is 40.4 Å². The Balaban J connectivity index is 1.42. The second-order valence-corrected chi connectivity index (χ2v) is 8.74. The quantitative estimate of drug-likeness (QED) is 0.444. The number of pyridine rings is 1. The summed E-state index contributed by atoms with van der Waals surface area (Å²) >= 11 is 0. The summed E-state index contributed by atoms with van der Waals surface area (Å²) in [6, 6.07) is 21.4. The molecule has 0 aliphatic carbocycles. The van der Waals surface area contributed by atoms with Crippen LogP contribution in [0, 0.1) is 0 Å². The summed E-state index contributed by atoms with van der Waals surface area (Å²) in [4.78, 5) is 34.8. The average Bonchev–Trinajstić information content (AvgIpc) is 2.95. The number of piperazine rings is 1. The van der Waals surface area contributed by atoms with E-state index in [9.17, 15) is 14.7 Å². The summed E-state index contributed by atoms with van der Waals surface area (Å²) in [6.07, 6.45) is 0. The Morgan fingerprint density at radius 2 is 1.38 bits per heavy atom. The summed E-state index contributed by atoms with van der Waals surface area (Å²) in [5, 5.41) is 10.8. The van der Waals surface area contributed by atoms with Crippen molar-refractivity contribution >= 4 is 22.7 Å². The van der Waals surface area contributed by atoms with Gasteiger partial charge in [0.05, 0.1) is 36.6 Å². The molecule has 0 spiro atoms. The summed E-state index contributed by atoms with van der Waals surface area (Å²) in [6.45, 7) is 1.54. The van der Waals surface area contributed by atoms with Gasteiger partial charge in [0.15, 0.2) is 11.5 Å². The molecule has 1 aliphatic rings. The van der Waals surface area contributed by atoms with Crippen molar-refractivity contribution in [2.24, 2.45) is 0 Å². The zero-order valence-electron chi connectivity index (χ0n) is 20.7. The Labute approximate surface area is 214 Å². The fourth-order valence-corrected chi connectivity index (χ4v) is 4.60. The average molecular weight is 498 g/mol. The van der Waals surface area contributed by atoms with Gasteiger partial charge < -0.3 is 24.4 Å². The fourth-order valence-electron chi connectivity index (χ4n) is 4.60. The monoisotopic (exact) mass is 497 g/mol. The Kier molecular flexibility index (Phi) is 6.64. The van der Waals surface area contributed by atoms with Gasteiger partial charge in [0.1, 0.15) is 5.75 Å². The molecule has 2 heterocycles. The first-order valence-corrected chi connectivity index (χ1v) is 12.0. The highest BCUT2D eigenvalue weighted by atomic mass is 16.5. The first-order chi connectivity index (χ1) is 18.0. The van der Waals surface area contributed by atoms with Crippen LogP contribution in [-0.2, 0) is 0 Å². The van der Waals surface area contributed by atoms with Gasteiger partial charge in [-0.3, -0.25) is 9.59 Å². The maximum atomic E-state index is 13.7. The van der Waals surface area contributed by atoms with Crippen LogP contribution in [-0.4, -0.2) is 72.1 Å². The number of nitrogens with zero attached hydrogens (tertiary/aromatic N) is 3. The van der Waals surface area contributed by atoms with Crippen molar-refractivity contribution in [1.29, 1.82) is 0 Å². The van der Waals surface area contributed by atoms with Gasteiger partial charge >= 0.3 is 0 Å². The van der Waals surface area contributed by atoms with E-state index < -0.39 is 0 Å². The third kappa shape index (κ3) is 4.65. The van der Waals surface area contributed by atoms with Gasteiger partial charge in [-0.2, -0.15) is 0 Å². The number of methoxy groups -OCH3 is 2. The van der Waals surface area contributed by atoms with E-state index in [4.69, 9.17) is 14.5 Å². The SMILES string of the molecule is COc1ccc(-c2cc(C(=O)N3CCN(C(=O)c4ccccc4O)CC3)c3ccccc3n2)cc1OC. The highest BCUT2D eigenvalue weighted by Crippen LogP contribution is 2.33. The molecule has 5 rings (SSSR count). The van der Waals surface area contributed by atoms with Crippen LogP contribution in [0.5, 0.6) is 17.2 Å². The number of phenolic OH excluding ortho intramolecular Hbond substituents is 1. The number of ether oxygens (including phenoxy) is 2. The number of fused-ring (bicyclic) bond motifs is 1. The van der Waals surface area contributed by atoms with Crippen LogP contribution in [0.4, 0.5) is 0 Å². The second kappa shape index (κ2) is 10.2. The van der Waals surface area contributed by atoms with Crippen LogP contribution in [0.3, 0.4) is 0 Å². The standard InChI is InChI=1S/C29H27N3O5/c1-36-26-12-11-19(17-27(26)37-2)24-18-22(20-7-3-5-9-23(20)30-24)29(35)32-15-13-31(14-16-32)28(34)21-8-4-6-10-25(21)33/h3-12,17-18,33H,13-16H2,1-2H3. The van der Waals surface area contributed by atoms with Crippen LogP contribution in [0.25, 0.3) is 22.2 Å². The minimum absolute atomic E-state index is 0.0445. The van der Waals surface area contributed by atoms with E-state index in [0.29, 0.717) is 54.5 Å². The first-order valence-electron chi connectivity index (χ1n) is 12.0. The van der Waals surface area contributed by atoms with Crippen molar-refractivity contribution in [3.8, 4) is 28.5 Å². The number of carbonyl (C=O) groups is 2. The lowest BCUT2D eigenvalue weighted by Crippen LogP contribution is -2.50. The zero-order valence-corrected chi connectivity index (χ0v) is 20.7. The zero-order chi connectivity index (χ0) is 25.9. The van der Waals surface area contributed by atoms with Gasteiger partial charge in [0, 0.05) is 37.1 Å². The number of para-hydroxylation sites is 2. The number of hydrogen-bond donors (Lipinski definition) is 1. The molecule has 0 atom stereocenters. The summed E-state index contributed by atoms with van der Waals surface area (Å²) in [5.41, 5.74) is 2.98. The van der Waals surface area contributed by atoms with Crippen LogP contribution in [0.15, 0.2) is 72.8 Å². The molecule has 0 bridgehead atoms. The maximum absolute atomic E-state index is 13.7. The van der Waals surface area contributed by atoms with E-state index >= 15 is 0 Å². The lowest BCUT2D eigenvalue weighted by Gasteiger charge is -2.35. The summed E-state index contributed by atoms with van der Waals surface area (Å²) in [7, 11) is 3.16. The molecule has 1 aromatic heterocycles. The Hall–Kier alpha value is -4.59. The van der Waals surface area contributed by atoms with Crippen LogP contribution < -0.4 is 9.47 Å². The van der Waals surface area contributed by atoms with Crippen molar-refractivity contribution in [1.82, 2.24) is 14.8 Å². The lowest BCUT2D eigenvalue weighted by atomic mass is 10.0. The molecular weight excluding hydrogens is 470 g/mol. The van der Waals surface area contributed by atoms with E-state index in [1.54, 1.807) is 42.2 Å². The van der Waals surface area contributed by atoms with Crippen molar-refractivity contribution in [2.45, 2.75) is 0 Å². The molecule has 188 valence electrons. The number of rotatable bonds is 5. The van der Waals surface area contributed by atoms with Gasteiger partial charge in [-0.05, 0) is 42.5 Å². The van der Waals surface area contributed by atoms with Gasteiger partial charge in [-0.25, -0.2) is 4.98 Å². The summed E-state index contributed by atoms with van der Waals surface area (Å²) in [5.74, 6) is 0.787. The summed E-state index contributed by atoms with van der Waals surface area (Å²) < 4.78 is 10.8. The number of amides is 2. The first kappa shape index (κ1) is 24.1. The molecule has 1 saturated heterocycles. The molecule has 37 heavy (non-hydrogen) atoms. The van der Waals surface area contributed by atoms with Gasteiger partial charge in [-0.15, -0.1) is 0 Å². The molecule has 3 aromatic carbocycles. The molecular formula is C29H27N3O5. The van der Waals surface area contributed by atoms with Crippen molar-refractivity contribution < 1.29 is 24.2 Å². The van der Waals surface area contributed by atoms with E-state index in [1.807, 2.05) is 48.5 Å². The van der Waals surface area contributed by atoms with E-state index in [1.165, 1.54) is 6.07 Å². The largest absolute Gasteiger partial charge is 0.507 e. The molecule has 2 amide bonds. The molecule has 8 heteroatoms. The molecule has 1 aliphatic heterocycles. The van der Waals surface area contributed by atoms with E-state index in [-0.39, 0.29) is 23.1 Å². The Morgan fingerprint density at radius 3 is 2.05 bits per heavy atom. The molecule has 1 fully saturated rings.